The summed E-state index contributed by atoms with van der Waals surface area (Å²) in [6.07, 6.45) is 0.476. The molecule has 1 aliphatic rings. The van der Waals surface area contributed by atoms with Gasteiger partial charge in [-0.25, -0.2) is 0 Å². The van der Waals surface area contributed by atoms with Gasteiger partial charge in [-0.05, 0) is 12.2 Å². The summed E-state index contributed by atoms with van der Waals surface area (Å²) < 4.78 is 0. The lowest BCUT2D eigenvalue weighted by Gasteiger charge is -2.14. The molecule has 1 rings (SSSR count). The zero-order valence-corrected chi connectivity index (χ0v) is 7.71. The highest BCUT2D eigenvalue weighted by Gasteiger charge is 2.28. The molecule has 13 heavy (non-hydrogen) atoms. The van der Waals surface area contributed by atoms with Crippen LogP contribution in [0.15, 0.2) is 0 Å². The van der Waals surface area contributed by atoms with Crippen molar-refractivity contribution in [2.75, 3.05) is 11.5 Å². The second-order valence-corrected chi connectivity index (χ2v) is 3.96. The van der Waals surface area contributed by atoms with Gasteiger partial charge in [-0.3, -0.25) is 14.9 Å². The molecule has 0 amide bonds. The Morgan fingerprint density at radius 2 is 1.85 bits per heavy atom. The minimum atomic E-state index is -0.986. The molecule has 1 fully saturated rings. The average molecular weight is 205 g/mol. The Balaban J connectivity index is 2.59. The van der Waals surface area contributed by atoms with Crippen LogP contribution >= 0.6 is 11.8 Å². The fourth-order valence-electron chi connectivity index (χ4n) is 1.11. The van der Waals surface area contributed by atoms with Crippen LogP contribution in [0.5, 0.6) is 0 Å². The predicted octanol–water partition coefficient (Wildman–Crippen LogP) is -0.381. The van der Waals surface area contributed by atoms with Gasteiger partial charge >= 0.3 is 11.9 Å². The second-order valence-electron chi connectivity index (χ2n) is 2.81. The van der Waals surface area contributed by atoms with E-state index in [-0.39, 0.29) is 0 Å². The second kappa shape index (κ2) is 4.48. The Kier molecular flexibility index (Phi) is 3.56. The molecule has 0 saturated carbocycles. The molecule has 2 unspecified atom stereocenters. The molecule has 0 radical (unpaired) electrons. The smallest absolute Gasteiger partial charge is 0.321 e. The molecule has 74 valence electrons. The lowest BCUT2D eigenvalue weighted by Crippen LogP contribution is -2.47. The molecule has 3 N–H and O–H groups in total. The third-order valence-electron chi connectivity index (χ3n) is 1.83. The van der Waals surface area contributed by atoms with E-state index in [1.54, 1.807) is 0 Å². The highest BCUT2D eigenvalue weighted by atomic mass is 32.2. The van der Waals surface area contributed by atoms with Crippen LogP contribution in [0.3, 0.4) is 0 Å². The van der Waals surface area contributed by atoms with E-state index in [4.69, 9.17) is 10.2 Å². The number of hydrogen-bond donors (Lipinski definition) is 3. The van der Waals surface area contributed by atoms with Crippen molar-refractivity contribution in [3.05, 3.63) is 0 Å². The number of hydrogen-bond acceptors (Lipinski definition) is 4. The fraction of sp³-hybridized carbons (Fsp3) is 0.714. The zero-order valence-electron chi connectivity index (χ0n) is 6.90. The summed E-state index contributed by atoms with van der Waals surface area (Å²) in [5, 5.41) is 20.0. The molecule has 1 saturated heterocycles. The minimum Gasteiger partial charge on any atom is -0.480 e. The van der Waals surface area contributed by atoms with Gasteiger partial charge < -0.3 is 10.2 Å². The van der Waals surface area contributed by atoms with Gasteiger partial charge in [0.1, 0.15) is 12.1 Å². The summed E-state index contributed by atoms with van der Waals surface area (Å²) in [6, 6.07) is -1.47. The molecule has 0 aromatic rings. The lowest BCUT2D eigenvalue weighted by molar-refractivity contribution is -0.142. The summed E-state index contributed by atoms with van der Waals surface area (Å²) in [6.45, 7) is 0. The van der Waals surface area contributed by atoms with Crippen LogP contribution in [0.4, 0.5) is 0 Å². The molecule has 0 aliphatic carbocycles. The van der Waals surface area contributed by atoms with Gasteiger partial charge in [0, 0.05) is 5.75 Å². The average Bonchev–Trinajstić information content (AvgIpc) is 2.28. The van der Waals surface area contributed by atoms with Gasteiger partial charge in [0.15, 0.2) is 0 Å². The first kappa shape index (κ1) is 10.3. The summed E-state index contributed by atoms with van der Waals surface area (Å²) in [4.78, 5) is 21.2. The molecule has 0 aromatic heterocycles. The quantitative estimate of drug-likeness (QED) is 0.569. The molecule has 0 bridgehead atoms. The van der Waals surface area contributed by atoms with E-state index in [1.165, 1.54) is 11.8 Å². The predicted molar refractivity (Wildman–Crippen MR) is 47.9 cm³/mol. The van der Waals surface area contributed by atoms with Crippen LogP contribution in [0.25, 0.3) is 0 Å². The van der Waals surface area contributed by atoms with Crippen LogP contribution in [-0.2, 0) is 9.59 Å². The van der Waals surface area contributed by atoms with Crippen LogP contribution < -0.4 is 5.32 Å². The van der Waals surface area contributed by atoms with Crippen molar-refractivity contribution in [1.29, 1.82) is 0 Å². The van der Waals surface area contributed by atoms with E-state index < -0.39 is 24.0 Å². The van der Waals surface area contributed by atoms with Crippen molar-refractivity contribution in [3.8, 4) is 0 Å². The molecule has 0 spiro atoms. The Morgan fingerprint density at radius 1 is 1.23 bits per heavy atom. The molecule has 1 aliphatic heterocycles. The van der Waals surface area contributed by atoms with Gasteiger partial charge in [0.05, 0.1) is 0 Å². The van der Waals surface area contributed by atoms with E-state index in [9.17, 15) is 9.59 Å². The minimum absolute atomic E-state index is 0.430. The highest BCUT2D eigenvalue weighted by Crippen LogP contribution is 2.13. The summed E-state index contributed by atoms with van der Waals surface area (Å²) in [7, 11) is 0. The van der Waals surface area contributed by atoms with Gasteiger partial charge in [-0.15, -0.1) is 0 Å². The Bertz CT molecular complexity index is 199. The summed E-state index contributed by atoms with van der Waals surface area (Å²) in [5.74, 6) is -0.846. The number of rotatable bonds is 2. The third-order valence-corrected chi connectivity index (χ3v) is 2.93. The standard InChI is InChI=1S/C7H11NO4S/c9-6(10)4-1-2-13-3-5(8-4)7(11)12/h4-5,8H,1-3H2,(H,9,10)(H,11,12). The Hall–Kier alpha value is -0.750. The highest BCUT2D eigenvalue weighted by molar-refractivity contribution is 7.99. The third kappa shape index (κ3) is 2.89. The molecular weight excluding hydrogens is 194 g/mol. The molecule has 0 aromatic carbocycles. The summed E-state index contributed by atoms with van der Waals surface area (Å²) >= 11 is 1.47. The van der Waals surface area contributed by atoms with Gasteiger partial charge in [0.2, 0.25) is 0 Å². The van der Waals surface area contributed by atoms with E-state index in [2.05, 4.69) is 5.32 Å². The molecular formula is C7H11NO4S. The molecule has 2 atom stereocenters. The van der Waals surface area contributed by atoms with Gasteiger partial charge in [-0.1, -0.05) is 0 Å². The number of carboxylic acid groups (broad SMARTS) is 2. The normalized spacial score (nSPS) is 29.2. The molecule has 6 heteroatoms. The Labute approximate surface area is 79.5 Å². The van der Waals surface area contributed by atoms with E-state index in [1.807, 2.05) is 0 Å². The van der Waals surface area contributed by atoms with Gasteiger partial charge in [0.25, 0.3) is 0 Å². The van der Waals surface area contributed by atoms with Crippen molar-refractivity contribution in [2.45, 2.75) is 18.5 Å². The number of carbonyl (C=O) groups is 2. The van der Waals surface area contributed by atoms with Crippen molar-refractivity contribution in [3.63, 3.8) is 0 Å². The number of aliphatic carboxylic acids is 2. The van der Waals surface area contributed by atoms with Crippen molar-refractivity contribution in [1.82, 2.24) is 5.32 Å². The van der Waals surface area contributed by atoms with Crippen molar-refractivity contribution >= 4 is 23.7 Å². The van der Waals surface area contributed by atoms with Crippen LogP contribution in [0, 0.1) is 0 Å². The van der Waals surface area contributed by atoms with E-state index >= 15 is 0 Å². The maximum absolute atomic E-state index is 10.6. The maximum atomic E-state index is 10.6. The zero-order chi connectivity index (χ0) is 9.84. The Morgan fingerprint density at radius 3 is 2.38 bits per heavy atom. The van der Waals surface area contributed by atoms with Crippen LogP contribution in [0.2, 0.25) is 0 Å². The molecule has 5 nitrogen and oxygen atoms in total. The number of thioether (sulfide) groups is 1. The first-order chi connectivity index (χ1) is 6.11. The SMILES string of the molecule is O=C(O)C1CCSCC(C(=O)O)N1. The van der Waals surface area contributed by atoms with Crippen molar-refractivity contribution < 1.29 is 19.8 Å². The molecule has 1 heterocycles. The topological polar surface area (TPSA) is 86.6 Å². The monoisotopic (exact) mass is 205 g/mol. The van der Waals surface area contributed by atoms with Crippen LogP contribution in [0.1, 0.15) is 6.42 Å². The first-order valence-electron chi connectivity index (χ1n) is 3.90. The largest absolute Gasteiger partial charge is 0.480 e. The van der Waals surface area contributed by atoms with Crippen LogP contribution in [-0.4, -0.2) is 45.7 Å². The van der Waals surface area contributed by atoms with Gasteiger partial charge in [-0.2, -0.15) is 11.8 Å². The maximum Gasteiger partial charge on any atom is 0.321 e. The van der Waals surface area contributed by atoms with E-state index in [0.717, 1.165) is 0 Å². The fourth-order valence-corrected chi connectivity index (χ4v) is 2.16. The first-order valence-corrected chi connectivity index (χ1v) is 5.06. The summed E-state index contributed by atoms with van der Waals surface area (Å²) in [5.41, 5.74) is 0. The van der Waals surface area contributed by atoms with Crippen molar-refractivity contribution in [2.24, 2.45) is 0 Å². The lowest BCUT2D eigenvalue weighted by atomic mass is 10.2. The van der Waals surface area contributed by atoms with E-state index in [0.29, 0.717) is 17.9 Å². The number of nitrogens with one attached hydrogen (secondary N) is 1. The number of carboxylic acids is 2.